The van der Waals surface area contributed by atoms with E-state index < -0.39 is 10.0 Å². The predicted molar refractivity (Wildman–Crippen MR) is 89.7 cm³/mol. The Hall–Kier alpha value is -2.67. The average molecular weight is 345 g/mol. The summed E-state index contributed by atoms with van der Waals surface area (Å²) < 4.78 is 42.2. The van der Waals surface area contributed by atoms with Gasteiger partial charge < -0.3 is 0 Å². The van der Waals surface area contributed by atoms with Gasteiger partial charge in [0.1, 0.15) is 5.82 Å². The number of aryl methyl sites for hydroxylation is 1. The van der Waals surface area contributed by atoms with Crippen LogP contribution in [0.3, 0.4) is 0 Å². The number of hydrogen-bond donors (Lipinski definition) is 1. The second-order valence-electron chi connectivity index (χ2n) is 5.41. The Labute approximate surface area is 139 Å². The Morgan fingerprint density at radius 2 is 1.79 bits per heavy atom. The van der Waals surface area contributed by atoms with Gasteiger partial charge in [-0.05, 0) is 25.1 Å². The molecule has 0 aliphatic heterocycles. The first-order valence-electron chi connectivity index (χ1n) is 7.30. The molecule has 0 radical (unpaired) electrons. The third kappa shape index (κ3) is 3.62. The molecule has 0 spiro atoms. The lowest BCUT2D eigenvalue weighted by molar-refractivity contribution is 0.585. The number of benzene rings is 2. The lowest BCUT2D eigenvalue weighted by atomic mass is 10.2. The second kappa shape index (κ2) is 6.45. The number of nitrogens with one attached hydrogen (secondary N) is 1. The molecule has 0 aliphatic carbocycles. The molecule has 1 N–H and O–H groups in total. The van der Waals surface area contributed by atoms with E-state index in [9.17, 15) is 12.8 Å². The van der Waals surface area contributed by atoms with E-state index >= 15 is 0 Å². The maximum atomic E-state index is 13.7. The molecule has 1 aromatic heterocycles. The number of sulfonamides is 1. The van der Waals surface area contributed by atoms with Crippen LogP contribution >= 0.6 is 0 Å². The number of hydrogen-bond acceptors (Lipinski definition) is 3. The molecular weight excluding hydrogens is 329 g/mol. The first-order valence-corrected chi connectivity index (χ1v) is 8.79. The maximum Gasteiger partial charge on any atom is 0.263 e. The van der Waals surface area contributed by atoms with E-state index in [1.54, 1.807) is 36.5 Å². The standard InChI is InChI=1S/C17H16FN3O2S/c1-13-6-8-15(9-7-13)24(22,23)20-17-10-11-21(19-17)12-14-4-2-3-5-16(14)18/h2-11H,12H2,1H3,(H,19,20). The zero-order valence-corrected chi connectivity index (χ0v) is 13.8. The monoisotopic (exact) mass is 345 g/mol. The van der Waals surface area contributed by atoms with Gasteiger partial charge in [-0.25, -0.2) is 12.8 Å². The minimum atomic E-state index is -3.70. The highest BCUT2D eigenvalue weighted by Gasteiger charge is 2.15. The number of anilines is 1. The first-order chi connectivity index (χ1) is 11.4. The third-order valence-corrected chi connectivity index (χ3v) is 4.87. The fourth-order valence-electron chi connectivity index (χ4n) is 2.22. The number of aromatic nitrogens is 2. The molecule has 0 fully saturated rings. The Kier molecular flexibility index (Phi) is 4.35. The van der Waals surface area contributed by atoms with Gasteiger partial charge in [0.2, 0.25) is 0 Å². The highest BCUT2D eigenvalue weighted by atomic mass is 32.2. The number of nitrogens with zero attached hydrogens (tertiary/aromatic N) is 2. The molecule has 5 nitrogen and oxygen atoms in total. The number of halogens is 1. The van der Waals surface area contributed by atoms with Crippen LogP contribution in [-0.2, 0) is 16.6 Å². The molecule has 0 bridgehead atoms. The summed E-state index contributed by atoms with van der Waals surface area (Å²) >= 11 is 0. The van der Waals surface area contributed by atoms with Crippen molar-refractivity contribution in [3.05, 3.63) is 77.7 Å². The van der Waals surface area contributed by atoms with Crippen molar-refractivity contribution >= 4 is 15.8 Å². The SMILES string of the molecule is Cc1ccc(S(=O)(=O)Nc2ccn(Cc3ccccc3F)n2)cc1. The number of rotatable bonds is 5. The molecule has 1 heterocycles. The molecule has 7 heteroatoms. The lowest BCUT2D eigenvalue weighted by Crippen LogP contribution is -2.14. The minimum Gasteiger partial charge on any atom is -0.266 e. The van der Waals surface area contributed by atoms with E-state index in [-0.39, 0.29) is 23.1 Å². The maximum absolute atomic E-state index is 13.7. The van der Waals surface area contributed by atoms with E-state index in [1.807, 2.05) is 6.92 Å². The molecule has 2 aromatic carbocycles. The smallest absolute Gasteiger partial charge is 0.263 e. The summed E-state index contributed by atoms with van der Waals surface area (Å²) in [4.78, 5) is 0.164. The Balaban J connectivity index is 1.76. The zero-order chi connectivity index (χ0) is 17.2. The predicted octanol–water partition coefficient (Wildman–Crippen LogP) is 3.18. The van der Waals surface area contributed by atoms with Crippen LogP contribution in [0.15, 0.2) is 65.7 Å². The largest absolute Gasteiger partial charge is 0.266 e. The molecule has 0 amide bonds. The van der Waals surface area contributed by atoms with Gasteiger partial charge in [0.05, 0.1) is 11.4 Å². The van der Waals surface area contributed by atoms with Gasteiger partial charge >= 0.3 is 0 Å². The van der Waals surface area contributed by atoms with Gasteiger partial charge in [-0.1, -0.05) is 35.9 Å². The van der Waals surface area contributed by atoms with Gasteiger partial charge in [0, 0.05) is 17.8 Å². The fraction of sp³-hybridized carbons (Fsp3) is 0.118. The molecule has 0 saturated heterocycles. The molecule has 0 unspecified atom stereocenters. The quantitative estimate of drug-likeness (QED) is 0.772. The third-order valence-electron chi connectivity index (χ3n) is 3.50. The summed E-state index contributed by atoms with van der Waals surface area (Å²) in [6.07, 6.45) is 1.60. The van der Waals surface area contributed by atoms with Crippen LogP contribution in [0.25, 0.3) is 0 Å². The zero-order valence-electron chi connectivity index (χ0n) is 13.0. The van der Waals surface area contributed by atoms with Gasteiger partial charge in [0.25, 0.3) is 10.0 Å². The van der Waals surface area contributed by atoms with Crippen LogP contribution in [0.1, 0.15) is 11.1 Å². The van der Waals surface area contributed by atoms with Crippen molar-refractivity contribution in [3.63, 3.8) is 0 Å². The summed E-state index contributed by atoms with van der Waals surface area (Å²) in [6.45, 7) is 2.10. The summed E-state index contributed by atoms with van der Waals surface area (Å²) in [5.41, 5.74) is 1.46. The molecule has 0 saturated carbocycles. The van der Waals surface area contributed by atoms with Crippen LogP contribution in [0.4, 0.5) is 10.2 Å². The molecule has 0 aliphatic rings. The summed E-state index contributed by atoms with van der Waals surface area (Å²) in [7, 11) is -3.70. The lowest BCUT2D eigenvalue weighted by Gasteiger charge is -2.06. The van der Waals surface area contributed by atoms with Crippen LogP contribution in [0, 0.1) is 12.7 Å². The molecule has 3 aromatic rings. The van der Waals surface area contributed by atoms with Crippen molar-refractivity contribution in [3.8, 4) is 0 Å². The van der Waals surface area contributed by atoms with E-state index in [2.05, 4.69) is 9.82 Å². The van der Waals surface area contributed by atoms with Crippen LogP contribution in [0.5, 0.6) is 0 Å². The molecule has 0 atom stereocenters. The van der Waals surface area contributed by atoms with Gasteiger partial charge in [0.15, 0.2) is 5.82 Å². The molecule has 3 rings (SSSR count). The second-order valence-corrected chi connectivity index (χ2v) is 7.09. The summed E-state index contributed by atoms with van der Waals surface area (Å²) in [5, 5.41) is 4.13. The topological polar surface area (TPSA) is 64.0 Å². The molecular formula is C17H16FN3O2S. The van der Waals surface area contributed by atoms with Crippen LogP contribution in [0.2, 0.25) is 0 Å². The highest BCUT2D eigenvalue weighted by Crippen LogP contribution is 2.16. The van der Waals surface area contributed by atoms with Crippen LogP contribution < -0.4 is 4.72 Å². The van der Waals surface area contributed by atoms with Crippen molar-refractivity contribution < 1.29 is 12.8 Å². The van der Waals surface area contributed by atoms with Crippen molar-refractivity contribution in [2.75, 3.05) is 4.72 Å². The average Bonchev–Trinajstić information content (AvgIpc) is 2.96. The van der Waals surface area contributed by atoms with Crippen molar-refractivity contribution in [2.45, 2.75) is 18.4 Å². The van der Waals surface area contributed by atoms with Crippen LogP contribution in [-0.4, -0.2) is 18.2 Å². The van der Waals surface area contributed by atoms with Crippen molar-refractivity contribution in [2.24, 2.45) is 0 Å². The Morgan fingerprint density at radius 1 is 1.08 bits per heavy atom. The van der Waals surface area contributed by atoms with E-state index in [4.69, 9.17) is 0 Å². The van der Waals surface area contributed by atoms with Crippen molar-refractivity contribution in [1.29, 1.82) is 0 Å². The highest BCUT2D eigenvalue weighted by molar-refractivity contribution is 7.92. The molecule has 24 heavy (non-hydrogen) atoms. The van der Waals surface area contributed by atoms with E-state index in [1.165, 1.54) is 28.9 Å². The Bertz CT molecular complexity index is 950. The molecule has 124 valence electrons. The fourth-order valence-corrected chi connectivity index (χ4v) is 3.22. The normalized spacial score (nSPS) is 11.4. The van der Waals surface area contributed by atoms with E-state index in [0.717, 1.165) is 5.56 Å². The summed E-state index contributed by atoms with van der Waals surface area (Å²) in [6, 6.07) is 14.4. The Morgan fingerprint density at radius 3 is 2.50 bits per heavy atom. The van der Waals surface area contributed by atoms with E-state index in [0.29, 0.717) is 5.56 Å². The van der Waals surface area contributed by atoms with Gasteiger partial charge in [-0.2, -0.15) is 5.10 Å². The first kappa shape index (κ1) is 16.2. The van der Waals surface area contributed by atoms with Crippen molar-refractivity contribution in [1.82, 2.24) is 9.78 Å². The van der Waals surface area contributed by atoms with Gasteiger partial charge in [-0.15, -0.1) is 0 Å². The summed E-state index contributed by atoms with van der Waals surface area (Å²) in [5.74, 6) is -0.137. The minimum absolute atomic E-state index is 0.164. The van der Waals surface area contributed by atoms with Gasteiger partial charge in [-0.3, -0.25) is 9.40 Å².